The van der Waals surface area contributed by atoms with Crippen LogP contribution < -0.4 is 0 Å². The summed E-state index contributed by atoms with van der Waals surface area (Å²) in [6.07, 6.45) is 0. The summed E-state index contributed by atoms with van der Waals surface area (Å²) in [4.78, 5) is 0. The molecule has 3 heteroatoms. The quantitative estimate of drug-likeness (QED) is 0.468. The second-order valence-corrected chi connectivity index (χ2v) is 5.58. The first-order valence-corrected chi connectivity index (χ1v) is 9.26. The molecule has 0 fully saturated rings. The Kier molecular flexibility index (Phi) is 8.50. The van der Waals surface area contributed by atoms with Crippen LogP contribution in [0.4, 0.5) is 11.4 Å². The fourth-order valence-corrected chi connectivity index (χ4v) is 2.51. The highest BCUT2D eigenvalue weighted by Gasteiger charge is 2.11. The van der Waals surface area contributed by atoms with E-state index in [1.807, 2.05) is 84.0 Å². The molecule has 0 unspecified atom stereocenters. The van der Waals surface area contributed by atoms with Crippen molar-refractivity contribution in [3.05, 3.63) is 65.2 Å². The summed E-state index contributed by atoms with van der Waals surface area (Å²) in [7, 11) is 0. The van der Waals surface area contributed by atoms with Gasteiger partial charge in [-0.05, 0) is 67.1 Å². The number of hydrogen-bond acceptors (Lipinski definition) is 3. The van der Waals surface area contributed by atoms with Gasteiger partial charge in [0.25, 0.3) is 0 Å². The zero-order valence-electron chi connectivity index (χ0n) is 17.0. The van der Waals surface area contributed by atoms with Crippen LogP contribution in [0.3, 0.4) is 0 Å². The minimum absolute atomic E-state index is 0.192. The van der Waals surface area contributed by atoms with Crippen molar-refractivity contribution in [1.29, 1.82) is 0 Å². The zero-order valence-corrected chi connectivity index (χ0v) is 17.0. The molecule has 26 heavy (non-hydrogen) atoms. The lowest BCUT2D eigenvalue weighted by atomic mass is 9.99. The van der Waals surface area contributed by atoms with Gasteiger partial charge in [0, 0.05) is 5.39 Å². The molecule has 0 saturated heterocycles. The van der Waals surface area contributed by atoms with E-state index in [1.165, 1.54) is 5.56 Å². The van der Waals surface area contributed by atoms with E-state index in [-0.39, 0.29) is 5.75 Å². The number of rotatable bonds is 2. The number of azo groups is 1. The lowest BCUT2D eigenvalue weighted by Gasteiger charge is -2.10. The van der Waals surface area contributed by atoms with E-state index >= 15 is 0 Å². The first kappa shape index (κ1) is 21.4. The van der Waals surface area contributed by atoms with Gasteiger partial charge in [-0.3, -0.25) is 0 Å². The molecule has 3 aromatic carbocycles. The van der Waals surface area contributed by atoms with Gasteiger partial charge in [0.15, 0.2) is 5.75 Å². The largest absolute Gasteiger partial charge is 0.505 e. The summed E-state index contributed by atoms with van der Waals surface area (Å²) in [5.74, 6) is 0.192. The van der Waals surface area contributed by atoms with Crippen molar-refractivity contribution in [3.63, 3.8) is 0 Å². The van der Waals surface area contributed by atoms with Crippen molar-refractivity contribution in [3.8, 4) is 5.75 Å². The first-order chi connectivity index (χ1) is 12.6. The van der Waals surface area contributed by atoms with Gasteiger partial charge >= 0.3 is 0 Å². The van der Waals surface area contributed by atoms with Crippen LogP contribution in [0.1, 0.15) is 44.4 Å². The number of phenolic OH excluding ortho intramolecular Hbond substituents is 1. The van der Waals surface area contributed by atoms with E-state index in [9.17, 15) is 5.11 Å². The average Bonchev–Trinajstić information content (AvgIpc) is 2.67. The number of aromatic hydroxyl groups is 1. The Morgan fingerprint density at radius 1 is 0.692 bits per heavy atom. The van der Waals surface area contributed by atoms with Crippen molar-refractivity contribution >= 4 is 22.1 Å². The Hall–Kier alpha value is -2.68. The fourth-order valence-electron chi connectivity index (χ4n) is 2.51. The fraction of sp³-hybridized carbons (Fsp3) is 0.304. The maximum absolute atomic E-state index is 10.6. The van der Waals surface area contributed by atoms with Crippen molar-refractivity contribution in [2.75, 3.05) is 0 Å². The first-order valence-electron chi connectivity index (χ1n) is 9.26. The molecule has 1 N–H and O–H groups in total. The van der Waals surface area contributed by atoms with E-state index in [0.717, 1.165) is 27.6 Å². The van der Waals surface area contributed by atoms with E-state index < -0.39 is 0 Å². The third kappa shape index (κ3) is 4.92. The Labute approximate surface area is 157 Å². The molecular weight excluding hydrogens is 320 g/mol. The number of aryl methyl sites for hydroxylation is 3. The van der Waals surface area contributed by atoms with E-state index in [2.05, 4.69) is 23.2 Å². The monoisotopic (exact) mass is 350 g/mol. The van der Waals surface area contributed by atoms with Gasteiger partial charge in [0.1, 0.15) is 5.69 Å². The molecular formula is C23H30N2O. The second kappa shape index (κ2) is 10.3. The summed E-state index contributed by atoms with van der Waals surface area (Å²) >= 11 is 0. The van der Waals surface area contributed by atoms with Crippen molar-refractivity contribution in [2.24, 2.45) is 10.2 Å². The van der Waals surface area contributed by atoms with Crippen LogP contribution in [-0.2, 0) is 0 Å². The molecule has 0 saturated carbocycles. The smallest absolute Gasteiger partial charge is 0.151 e. The van der Waals surface area contributed by atoms with Crippen LogP contribution in [0, 0.1) is 20.8 Å². The van der Waals surface area contributed by atoms with Gasteiger partial charge < -0.3 is 5.11 Å². The summed E-state index contributed by atoms with van der Waals surface area (Å²) in [6, 6.07) is 15.6. The molecule has 0 heterocycles. The SMILES string of the molecule is CC.CC.Cc1cc2cc(C)c(N=Nc3ccccc3)c(O)c2cc1C. The summed E-state index contributed by atoms with van der Waals surface area (Å²) < 4.78 is 0. The molecule has 3 aromatic rings. The number of nitrogens with zero attached hydrogens (tertiary/aromatic N) is 2. The molecule has 0 aliphatic heterocycles. The molecule has 0 atom stereocenters. The molecule has 0 bridgehead atoms. The lowest BCUT2D eigenvalue weighted by Crippen LogP contribution is -1.85. The molecule has 0 aliphatic rings. The zero-order chi connectivity index (χ0) is 19.7. The molecule has 3 rings (SSSR count). The van der Waals surface area contributed by atoms with Crippen LogP contribution in [0.25, 0.3) is 10.8 Å². The van der Waals surface area contributed by atoms with Gasteiger partial charge in [-0.2, -0.15) is 5.11 Å². The Morgan fingerprint density at radius 2 is 1.23 bits per heavy atom. The third-order valence-electron chi connectivity index (χ3n) is 3.91. The minimum Gasteiger partial charge on any atom is -0.505 e. The third-order valence-corrected chi connectivity index (χ3v) is 3.91. The normalized spacial score (nSPS) is 10.1. The van der Waals surface area contributed by atoms with Crippen LogP contribution in [0.5, 0.6) is 5.75 Å². The molecule has 0 spiro atoms. The van der Waals surface area contributed by atoms with Crippen molar-refractivity contribution in [2.45, 2.75) is 48.5 Å². The van der Waals surface area contributed by atoms with Gasteiger partial charge in [-0.25, -0.2) is 0 Å². The minimum atomic E-state index is 0.192. The van der Waals surface area contributed by atoms with Gasteiger partial charge in [-0.15, -0.1) is 5.11 Å². The van der Waals surface area contributed by atoms with Gasteiger partial charge in [-0.1, -0.05) is 52.0 Å². The highest BCUT2D eigenvalue weighted by atomic mass is 16.3. The Balaban J connectivity index is 0.000000791. The second-order valence-electron chi connectivity index (χ2n) is 5.58. The molecule has 3 nitrogen and oxygen atoms in total. The number of benzene rings is 3. The Morgan fingerprint density at radius 3 is 1.85 bits per heavy atom. The van der Waals surface area contributed by atoms with E-state index in [4.69, 9.17) is 0 Å². The molecule has 0 aliphatic carbocycles. The van der Waals surface area contributed by atoms with Gasteiger partial charge in [0.2, 0.25) is 0 Å². The molecule has 138 valence electrons. The number of fused-ring (bicyclic) bond motifs is 1. The Bertz CT molecular complexity index is 869. The van der Waals surface area contributed by atoms with Crippen LogP contribution in [0.2, 0.25) is 0 Å². The van der Waals surface area contributed by atoms with Crippen molar-refractivity contribution < 1.29 is 5.11 Å². The highest BCUT2D eigenvalue weighted by molar-refractivity contribution is 5.94. The highest BCUT2D eigenvalue weighted by Crippen LogP contribution is 2.39. The molecule has 0 amide bonds. The number of phenols is 1. The number of hydrogen-bond donors (Lipinski definition) is 1. The topological polar surface area (TPSA) is 45.0 Å². The van der Waals surface area contributed by atoms with Crippen LogP contribution in [-0.4, -0.2) is 5.11 Å². The van der Waals surface area contributed by atoms with E-state index in [1.54, 1.807) is 0 Å². The summed E-state index contributed by atoms with van der Waals surface area (Å²) in [5.41, 5.74) is 4.57. The molecule has 0 radical (unpaired) electrons. The van der Waals surface area contributed by atoms with Crippen LogP contribution in [0.15, 0.2) is 58.8 Å². The predicted octanol–water partition coefficient (Wildman–Crippen LogP) is 7.94. The maximum Gasteiger partial charge on any atom is 0.151 e. The summed E-state index contributed by atoms with van der Waals surface area (Å²) in [5, 5.41) is 20.9. The summed E-state index contributed by atoms with van der Waals surface area (Å²) in [6.45, 7) is 14.1. The standard InChI is InChI=1S/C19H18N2O.2C2H6/c1-12-9-15-10-14(3)18(19(22)17(15)11-13(12)2)21-20-16-7-5-4-6-8-16;2*1-2/h4-11,22H,1-3H3;2*1-2H3. The van der Waals surface area contributed by atoms with Gasteiger partial charge in [0.05, 0.1) is 5.69 Å². The van der Waals surface area contributed by atoms with E-state index in [0.29, 0.717) is 5.69 Å². The molecule has 0 aromatic heterocycles. The lowest BCUT2D eigenvalue weighted by molar-refractivity contribution is 0.482. The van der Waals surface area contributed by atoms with Crippen LogP contribution >= 0.6 is 0 Å². The average molecular weight is 351 g/mol. The predicted molar refractivity (Wildman–Crippen MR) is 113 cm³/mol. The maximum atomic E-state index is 10.6. The van der Waals surface area contributed by atoms with Crippen molar-refractivity contribution in [1.82, 2.24) is 0 Å².